The van der Waals surface area contributed by atoms with E-state index in [2.05, 4.69) is 4.72 Å². The van der Waals surface area contributed by atoms with E-state index in [1.165, 1.54) is 0 Å². The first-order valence-corrected chi connectivity index (χ1v) is 8.41. The maximum Gasteiger partial charge on any atom is 0.215 e. The summed E-state index contributed by atoms with van der Waals surface area (Å²) < 4.78 is 32.0. The smallest absolute Gasteiger partial charge is 0.215 e. The molecule has 1 aromatic carbocycles. The third kappa shape index (κ3) is 4.19. The zero-order valence-corrected chi connectivity index (χ0v) is 12.6. The van der Waals surface area contributed by atoms with Gasteiger partial charge in [0.15, 0.2) is 0 Å². The zero-order chi connectivity index (χ0) is 14.6. The Bertz CT molecular complexity index is 553. The second-order valence-electron chi connectivity index (χ2n) is 5.52. The molecule has 3 N–H and O–H groups in total. The molecule has 0 heterocycles. The molecular weight excluding hydrogens is 276 g/mol. The van der Waals surface area contributed by atoms with Crippen LogP contribution < -0.4 is 10.5 Å². The molecule has 112 valence electrons. The lowest BCUT2D eigenvalue weighted by atomic mass is 10.0. The second-order valence-corrected chi connectivity index (χ2v) is 7.33. The Labute approximate surface area is 120 Å². The fourth-order valence-electron chi connectivity index (χ4n) is 2.19. The molecule has 1 aromatic rings. The molecule has 0 radical (unpaired) electrons. The second kappa shape index (κ2) is 6.11. The van der Waals surface area contributed by atoms with Crippen LogP contribution >= 0.6 is 0 Å². The molecule has 0 spiro atoms. The molecule has 20 heavy (non-hydrogen) atoms. The number of nitrogens with one attached hydrogen (secondary N) is 1. The van der Waals surface area contributed by atoms with Crippen LogP contribution in [0.25, 0.3) is 0 Å². The number of anilines is 1. The largest absolute Gasteiger partial charge is 0.398 e. The first kappa shape index (κ1) is 15.3. The lowest BCUT2D eigenvalue weighted by Crippen LogP contribution is -2.32. The summed E-state index contributed by atoms with van der Waals surface area (Å²) in [6.45, 7) is 1.17. The number of methoxy groups -OCH3 is 1. The third-order valence-electron chi connectivity index (χ3n) is 3.86. The number of nitrogen functional groups attached to an aromatic ring is 1. The van der Waals surface area contributed by atoms with Gasteiger partial charge in [0.05, 0.1) is 5.75 Å². The van der Waals surface area contributed by atoms with Gasteiger partial charge < -0.3 is 10.5 Å². The topological polar surface area (TPSA) is 81.4 Å². The summed E-state index contributed by atoms with van der Waals surface area (Å²) in [7, 11) is -1.68. The lowest BCUT2D eigenvalue weighted by molar-refractivity contribution is 0.173. The Morgan fingerprint density at radius 3 is 2.65 bits per heavy atom. The number of nitrogens with two attached hydrogens (primary N) is 1. The minimum absolute atomic E-state index is 0.0694. The molecule has 2 rings (SSSR count). The van der Waals surface area contributed by atoms with Crippen molar-refractivity contribution in [1.29, 1.82) is 0 Å². The van der Waals surface area contributed by atoms with Crippen molar-refractivity contribution in [3.63, 3.8) is 0 Å². The van der Waals surface area contributed by atoms with Crippen LogP contribution in [-0.4, -0.2) is 28.7 Å². The van der Waals surface area contributed by atoms with E-state index in [9.17, 15) is 8.42 Å². The molecule has 0 amide bonds. The van der Waals surface area contributed by atoms with E-state index in [0.717, 1.165) is 19.3 Å². The number of para-hydroxylation sites is 1. The number of ether oxygens (including phenoxy) is 1. The first-order chi connectivity index (χ1) is 9.46. The predicted octanol–water partition coefficient (Wildman–Crippen LogP) is 1.50. The van der Waals surface area contributed by atoms with E-state index < -0.39 is 10.0 Å². The van der Waals surface area contributed by atoms with Crippen LogP contribution in [0.15, 0.2) is 24.3 Å². The van der Waals surface area contributed by atoms with Gasteiger partial charge in [0.25, 0.3) is 0 Å². The molecule has 0 unspecified atom stereocenters. The molecule has 1 aliphatic rings. The Morgan fingerprint density at radius 2 is 2.05 bits per heavy atom. The van der Waals surface area contributed by atoms with Gasteiger partial charge in [0.2, 0.25) is 10.0 Å². The molecule has 0 saturated heterocycles. The molecule has 0 atom stereocenters. The molecule has 5 nitrogen and oxygen atoms in total. The van der Waals surface area contributed by atoms with Crippen molar-refractivity contribution in [2.75, 3.05) is 26.0 Å². The van der Waals surface area contributed by atoms with Crippen LogP contribution in [0.1, 0.15) is 24.8 Å². The van der Waals surface area contributed by atoms with E-state index in [0.29, 0.717) is 24.4 Å². The monoisotopic (exact) mass is 298 g/mol. The van der Waals surface area contributed by atoms with Crippen LogP contribution in [0.4, 0.5) is 5.69 Å². The lowest BCUT2D eigenvalue weighted by Gasteiger charge is -2.16. The zero-order valence-electron chi connectivity index (χ0n) is 11.8. The van der Waals surface area contributed by atoms with Crippen molar-refractivity contribution in [1.82, 2.24) is 4.72 Å². The number of sulfonamides is 1. The van der Waals surface area contributed by atoms with Crippen molar-refractivity contribution in [3.8, 4) is 0 Å². The van der Waals surface area contributed by atoms with Gasteiger partial charge in [0, 0.05) is 25.9 Å². The van der Waals surface area contributed by atoms with Gasteiger partial charge in [-0.1, -0.05) is 18.2 Å². The molecule has 1 aliphatic carbocycles. The average molecular weight is 298 g/mol. The number of benzene rings is 1. The van der Waals surface area contributed by atoms with Crippen molar-refractivity contribution in [3.05, 3.63) is 29.8 Å². The van der Waals surface area contributed by atoms with Gasteiger partial charge in [-0.05, 0) is 36.3 Å². The average Bonchev–Trinajstić information content (AvgIpc) is 3.18. The van der Waals surface area contributed by atoms with E-state index in [-0.39, 0.29) is 11.2 Å². The van der Waals surface area contributed by atoms with Crippen LogP contribution in [0.2, 0.25) is 0 Å². The third-order valence-corrected chi connectivity index (χ3v) is 5.14. The minimum Gasteiger partial charge on any atom is -0.398 e. The first-order valence-electron chi connectivity index (χ1n) is 6.76. The summed E-state index contributed by atoms with van der Waals surface area (Å²) in [6, 6.07) is 7.04. The van der Waals surface area contributed by atoms with E-state index in [1.54, 1.807) is 31.4 Å². The summed E-state index contributed by atoms with van der Waals surface area (Å²) in [4.78, 5) is 0. The summed E-state index contributed by atoms with van der Waals surface area (Å²) in [5.41, 5.74) is 7.03. The molecule has 0 aromatic heterocycles. The fraction of sp³-hybridized carbons (Fsp3) is 0.571. The fourth-order valence-corrected chi connectivity index (χ4v) is 3.50. The van der Waals surface area contributed by atoms with E-state index in [1.807, 2.05) is 0 Å². The molecule has 6 heteroatoms. The van der Waals surface area contributed by atoms with Crippen molar-refractivity contribution >= 4 is 15.7 Å². The van der Waals surface area contributed by atoms with Gasteiger partial charge >= 0.3 is 0 Å². The maximum absolute atomic E-state index is 12.1. The highest BCUT2D eigenvalue weighted by Gasteiger charge is 2.42. The standard InChI is InChI=1S/C14H22N2O3S/c1-19-9-8-14(6-7-14)11-16-20(17,18)10-12-4-2-3-5-13(12)15/h2-5,16H,6-11,15H2,1H3. The molecule has 0 aliphatic heterocycles. The van der Waals surface area contributed by atoms with Gasteiger partial charge in [0.1, 0.15) is 0 Å². The molecule has 1 fully saturated rings. The van der Waals surface area contributed by atoms with Crippen LogP contribution in [0.3, 0.4) is 0 Å². The minimum atomic E-state index is -3.35. The number of rotatable bonds is 8. The summed E-state index contributed by atoms with van der Waals surface area (Å²) >= 11 is 0. The Kier molecular flexibility index (Phi) is 4.67. The highest BCUT2D eigenvalue weighted by molar-refractivity contribution is 7.88. The van der Waals surface area contributed by atoms with E-state index in [4.69, 9.17) is 10.5 Å². The Balaban J connectivity index is 1.90. The van der Waals surface area contributed by atoms with Crippen molar-refractivity contribution in [2.24, 2.45) is 5.41 Å². The van der Waals surface area contributed by atoms with Gasteiger partial charge in [-0.15, -0.1) is 0 Å². The maximum atomic E-state index is 12.1. The molecule has 0 bridgehead atoms. The summed E-state index contributed by atoms with van der Waals surface area (Å²) in [5.74, 6) is -0.0694. The SMILES string of the molecule is COCCC1(CNS(=O)(=O)Cc2ccccc2N)CC1. The summed E-state index contributed by atoms with van der Waals surface area (Å²) in [5, 5.41) is 0. The molecule has 1 saturated carbocycles. The number of hydrogen-bond acceptors (Lipinski definition) is 4. The van der Waals surface area contributed by atoms with Crippen molar-refractivity contribution in [2.45, 2.75) is 25.0 Å². The highest BCUT2D eigenvalue weighted by atomic mass is 32.2. The van der Waals surface area contributed by atoms with Gasteiger partial charge in [-0.25, -0.2) is 13.1 Å². The number of hydrogen-bond donors (Lipinski definition) is 2. The van der Waals surface area contributed by atoms with Gasteiger partial charge in [-0.3, -0.25) is 0 Å². The highest BCUT2D eigenvalue weighted by Crippen LogP contribution is 2.48. The Morgan fingerprint density at radius 1 is 1.35 bits per heavy atom. The predicted molar refractivity (Wildman–Crippen MR) is 79.6 cm³/mol. The van der Waals surface area contributed by atoms with Gasteiger partial charge in [-0.2, -0.15) is 0 Å². The van der Waals surface area contributed by atoms with Crippen LogP contribution in [-0.2, 0) is 20.5 Å². The van der Waals surface area contributed by atoms with Crippen LogP contribution in [0, 0.1) is 5.41 Å². The molecular formula is C14H22N2O3S. The van der Waals surface area contributed by atoms with Crippen molar-refractivity contribution < 1.29 is 13.2 Å². The normalized spacial score (nSPS) is 17.1. The Hall–Kier alpha value is -1.11. The van der Waals surface area contributed by atoms with E-state index >= 15 is 0 Å². The van der Waals surface area contributed by atoms with Crippen LogP contribution in [0.5, 0.6) is 0 Å². The summed E-state index contributed by atoms with van der Waals surface area (Å²) in [6.07, 6.45) is 3.03. The quantitative estimate of drug-likeness (QED) is 0.713.